The second-order valence-corrected chi connectivity index (χ2v) is 4.48. The van der Waals surface area contributed by atoms with Crippen LogP contribution < -0.4 is 10.5 Å². The molecule has 0 aromatic heterocycles. The van der Waals surface area contributed by atoms with Gasteiger partial charge in [-0.1, -0.05) is 6.07 Å². The van der Waals surface area contributed by atoms with E-state index in [0.29, 0.717) is 12.4 Å². The molecule has 1 aromatic rings. The number of nitrogens with two attached hydrogens (primary N) is 1. The van der Waals surface area contributed by atoms with Crippen LogP contribution in [-0.2, 0) is 6.54 Å². The molecule has 1 aliphatic rings. The van der Waals surface area contributed by atoms with Gasteiger partial charge in [0.2, 0.25) is 0 Å². The SMILES string of the molecule is CCOc1ccc(CN2CC[C@H](N)C2)cc1F.Cl. The maximum Gasteiger partial charge on any atom is 0.165 e. The number of hydrogen-bond acceptors (Lipinski definition) is 3. The third-order valence-electron chi connectivity index (χ3n) is 3.01. The van der Waals surface area contributed by atoms with Crippen LogP contribution in [0.1, 0.15) is 18.9 Å². The quantitative estimate of drug-likeness (QED) is 0.915. The summed E-state index contributed by atoms with van der Waals surface area (Å²) in [4.78, 5) is 2.25. The summed E-state index contributed by atoms with van der Waals surface area (Å²) in [5, 5.41) is 0. The van der Waals surface area contributed by atoms with Gasteiger partial charge >= 0.3 is 0 Å². The number of ether oxygens (including phenoxy) is 1. The fourth-order valence-electron chi connectivity index (χ4n) is 2.18. The summed E-state index contributed by atoms with van der Waals surface area (Å²) in [5.74, 6) is 0.0437. The van der Waals surface area contributed by atoms with E-state index in [9.17, 15) is 4.39 Å². The maximum absolute atomic E-state index is 13.6. The number of benzene rings is 1. The van der Waals surface area contributed by atoms with E-state index in [2.05, 4.69) is 4.90 Å². The molecule has 1 heterocycles. The average molecular weight is 275 g/mol. The lowest BCUT2D eigenvalue weighted by molar-refractivity contribution is 0.315. The molecule has 5 heteroatoms. The van der Waals surface area contributed by atoms with Gasteiger partial charge in [-0.25, -0.2) is 4.39 Å². The van der Waals surface area contributed by atoms with E-state index in [0.717, 1.165) is 31.6 Å². The van der Waals surface area contributed by atoms with Crippen LogP contribution in [0.15, 0.2) is 18.2 Å². The molecule has 18 heavy (non-hydrogen) atoms. The molecular formula is C13H20ClFN2O. The molecule has 1 aliphatic heterocycles. The third-order valence-corrected chi connectivity index (χ3v) is 3.01. The number of hydrogen-bond donors (Lipinski definition) is 1. The number of likely N-dealkylation sites (tertiary alicyclic amines) is 1. The highest BCUT2D eigenvalue weighted by atomic mass is 35.5. The summed E-state index contributed by atoms with van der Waals surface area (Å²) in [7, 11) is 0. The number of rotatable bonds is 4. The fraction of sp³-hybridized carbons (Fsp3) is 0.538. The highest BCUT2D eigenvalue weighted by Crippen LogP contribution is 2.20. The Bertz CT molecular complexity index is 389. The number of halogens is 2. The molecule has 1 saturated heterocycles. The van der Waals surface area contributed by atoms with E-state index < -0.39 is 0 Å². The number of nitrogens with zero attached hydrogens (tertiary/aromatic N) is 1. The van der Waals surface area contributed by atoms with Crippen molar-refractivity contribution in [3.8, 4) is 5.75 Å². The van der Waals surface area contributed by atoms with Crippen molar-refractivity contribution in [3.05, 3.63) is 29.6 Å². The van der Waals surface area contributed by atoms with E-state index >= 15 is 0 Å². The zero-order valence-corrected chi connectivity index (χ0v) is 11.4. The Balaban J connectivity index is 0.00000162. The minimum absolute atomic E-state index is 0. The van der Waals surface area contributed by atoms with Gasteiger partial charge in [0.15, 0.2) is 11.6 Å². The van der Waals surface area contributed by atoms with Gasteiger partial charge < -0.3 is 10.5 Å². The van der Waals surface area contributed by atoms with E-state index in [-0.39, 0.29) is 24.3 Å². The standard InChI is InChI=1S/C13H19FN2O.ClH/c1-2-17-13-4-3-10(7-12(13)14)8-16-6-5-11(15)9-16;/h3-4,7,11H,2,5-6,8-9,15H2,1H3;1H/t11-;/m0./s1. The van der Waals surface area contributed by atoms with Gasteiger partial charge in [0.1, 0.15) is 0 Å². The van der Waals surface area contributed by atoms with Gasteiger partial charge in [-0.05, 0) is 31.0 Å². The summed E-state index contributed by atoms with van der Waals surface area (Å²) in [6, 6.07) is 5.43. The summed E-state index contributed by atoms with van der Waals surface area (Å²) in [5.41, 5.74) is 6.81. The van der Waals surface area contributed by atoms with Gasteiger partial charge in [-0.15, -0.1) is 12.4 Å². The first-order valence-corrected chi connectivity index (χ1v) is 6.08. The Morgan fingerprint density at radius 3 is 2.83 bits per heavy atom. The van der Waals surface area contributed by atoms with Gasteiger partial charge in [-0.3, -0.25) is 4.90 Å². The molecule has 102 valence electrons. The minimum Gasteiger partial charge on any atom is -0.491 e. The second-order valence-electron chi connectivity index (χ2n) is 4.48. The van der Waals surface area contributed by atoms with Crippen LogP contribution >= 0.6 is 12.4 Å². The predicted octanol–water partition coefficient (Wildman–Crippen LogP) is 2.18. The Morgan fingerprint density at radius 2 is 2.28 bits per heavy atom. The molecule has 1 atom stereocenters. The lowest BCUT2D eigenvalue weighted by Gasteiger charge is -2.15. The zero-order chi connectivity index (χ0) is 12.3. The smallest absolute Gasteiger partial charge is 0.165 e. The van der Waals surface area contributed by atoms with Crippen molar-refractivity contribution in [3.63, 3.8) is 0 Å². The molecule has 0 spiro atoms. The first-order valence-electron chi connectivity index (χ1n) is 6.08. The molecule has 2 rings (SSSR count). The van der Waals surface area contributed by atoms with Crippen molar-refractivity contribution in [1.82, 2.24) is 4.90 Å². The van der Waals surface area contributed by atoms with Crippen molar-refractivity contribution in [2.75, 3.05) is 19.7 Å². The predicted molar refractivity (Wildman–Crippen MR) is 72.7 cm³/mol. The van der Waals surface area contributed by atoms with Crippen LogP contribution in [0.2, 0.25) is 0 Å². The van der Waals surface area contributed by atoms with E-state index in [1.165, 1.54) is 0 Å². The highest BCUT2D eigenvalue weighted by Gasteiger charge is 2.19. The summed E-state index contributed by atoms with van der Waals surface area (Å²) < 4.78 is 18.8. The van der Waals surface area contributed by atoms with Crippen molar-refractivity contribution in [2.45, 2.75) is 25.9 Å². The van der Waals surface area contributed by atoms with Crippen LogP contribution in [0.4, 0.5) is 4.39 Å². The second kappa shape index (κ2) is 6.92. The molecule has 0 unspecified atom stereocenters. The molecule has 2 N–H and O–H groups in total. The van der Waals surface area contributed by atoms with E-state index in [1.54, 1.807) is 12.1 Å². The Hall–Kier alpha value is -0.840. The van der Waals surface area contributed by atoms with Gasteiger partial charge in [0.05, 0.1) is 6.61 Å². The Morgan fingerprint density at radius 1 is 1.50 bits per heavy atom. The van der Waals surface area contributed by atoms with Gasteiger partial charge in [-0.2, -0.15) is 0 Å². The van der Waals surface area contributed by atoms with Crippen molar-refractivity contribution in [1.29, 1.82) is 0 Å². The zero-order valence-electron chi connectivity index (χ0n) is 10.6. The topological polar surface area (TPSA) is 38.5 Å². The molecule has 1 aromatic carbocycles. The lowest BCUT2D eigenvalue weighted by atomic mass is 10.2. The Kier molecular flexibility index (Phi) is 5.85. The minimum atomic E-state index is -0.284. The molecule has 0 radical (unpaired) electrons. The Labute approximate surface area is 114 Å². The lowest BCUT2D eigenvalue weighted by Crippen LogP contribution is -2.26. The van der Waals surface area contributed by atoms with Crippen LogP contribution in [0, 0.1) is 5.82 Å². The van der Waals surface area contributed by atoms with Gasteiger partial charge in [0, 0.05) is 25.7 Å². The summed E-state index contributed by atoms with van der Waals surface area (Å²) in [6.07, 6.45) is 1.03. The first kappa shape index (κ1) is 15.2. The fourth-order valence-corrected chi connectivity index (χ4v) is 2.18. The molecule has 1 fully saturated rings. The molecule has 0 bridgehead atoms. The first-order chi connectivity index (χ1) is 8.19. The van der Waals surface area contributed by atoms with Crippen LogP contribution in [0.5, 0.6) is 5.75 Å². The average Bonchev–Trinajstić information content (AvgIpc) is 2.68. The monoisotopic (exact) mass is 274 g/mol. The van der Waals surface area contributed by atoms with E-state index in [4.69, 9.17) is 10.5 Å². The van der Waals surface area contributed by atoms with Crippen LogP contribution in [0.3, 0.4) is 0 Å². The molecule has 0 saturated carbocycles. The highest BCUT2D eigenvalue weighted by molar-refractivity contribution is 5.85. The third kappa shape index (κ3) is 3.83. The summed E-state index contributed by atoms with van der Waals surface area (Å²) >= 11 is 0. The normalized spacial score (nSPS) is 19.6. The van der Waals surface area contributed by atoms with Crippen LogP contribution in [-0.4, -0.2) is 30.6 Å². The van der Waals surface area contributed by atoms with Crippen molar-refractivity contribution < 1.29 is 9.13 Å². The van der Waals surface area contributed by atoms with Crippen molar-refractivity contribution in [2.24, 2.45) is 5.73 Å². The summed E-state index contributed by atoms with van der Waals surface area (Å²) in [6.45, 7) is 4.98. The van der Waals surface area contributed by atoms with Crippen LogP contribution in [0.25, 0.3) is 0 Å². The maximum atomic E-state index is 13.6. The largest absolute Gasteiger partial charge is 0.491 e. The molecular weight excluding hydrogens is 255 g/mol. The molecule has 0 amide bonds. The molecule has 0 aliphatic carbocycles. The van der Waals surface area contributed by atoms with E-state index in [1.807, 2.05) is 13.0 Å². The molecule has 3 nitrogen and oxygen atoms in total. The van der Waals surface area contributed by atoms with Crippen molar-refractivity contribution >= 4 is 12.4 Å². The van der Waals surface area contributed by atoms with Gasteiger partial charge in [0.25, 0.3) is 0 Å².